The van der Waals surface area contributed by atoms with Crippen molar-refractivity contribution in [2.75, 3.05) is 6.54 Å². The van der Waals surface area contributed by atoms with Crippen LogP contribution in [-0.2, 0) is 0 Å². The van der Waals surface area contributed by atoms with Gasteiger partial charge in [0.15, 0.2) is 0 Å². The van der Waals surface area contributed by atoms with E-state index < -0.39 is 0 Å². The van der Waals surface area contributed by atoms with Crippen molar-refractivity contribution in [2.45, 2.75) is 64.3 Å². The Morgan fingerprint density at radius 3 is 2.33 bits per heavy atom. The molecule has 1 heteroatoms. The van der Waals surface area contributed by atoms with Gasteiger partial charge in [0.1, 0.15) is 0 Å². The standard InChI is InChI=1S/C11H23N/c1-2-3-4-5-6-7-10-12-11-8-9-11/h11-12H,2-10H2,1H3. The molecule has 0 bridgehead atoms. The molecule has 1 fully saturated rings. The monoisotopic (exact) mass is 169 g/mol. The van der Waals surface area contributed by atoms with Gasteiger partial charge < -0.3 is 5.32 Å². The zero-order valence-electron chi connectivity index (χ0n) is 8.44. The first-order valence-corrected chi connectivity index (χ1v) is 5.67. The van der Waals surface area contributed by atoms with Gasteiger partial charge in [-0.1, -0.05) is 39.0 Å². The summed E-state index contributed by atoms with van der Waals surface area (Å²) in [4.78, 5) is 0. The van der Waals surface area contributed by atoms with E-state index in [1.807, 2.05) is 0 Å². The second-order valence-electron chi connectivity index (χ2n) is 4.00. The highest BCUT2D eigenvalue weighted by Crippen LogP contribution is 2.18. The van der Waals surface area contributed by atoms with Gasteiger partial charge >= 0.3 is 0 Å². The van der Waals surface area contributed by atoms with Gasteiger partial charge in [-0.15, -0.1) is 0 Å². The molecule has 0 aromatic rings. The van der Waals surface area contributed by atoms with Gasteiger partial charge in [0, 0.05) is 6.04 Å². The third-order valence-electron chi connectivity index (χ3n) is 2.54. The van der Waals surface area contributed by atoms with Crippen LogP contribution < -0.4 is 5.32 Å². The van der Waals surface area contributed by atoms with E-state index in [2.05, 4.69) is 12.2 Å². The minimum atomic E-state index is 0.903. The summed E-state index contributed by atoms with van der Waals surface area (Å²) in [5, 5.41) is 3.55. The lowest BCUT2D eigenvalue weighted by atomic mass is 10.1. The van der Waals surface area contributed by atoms with Crippen molar-refractivity contribution in [3.63, 3.8) is 0 Å². The Morgan fingerprint density at radius 1 is 1.00 bits per heavy atom. The molecule has 0 saturated heterocycles. The van der Waals surface area contributed by atoms with Crippen LogP contribution in [0.25, 0.3) is 0 Å². The van der Waals surface area contributed by atoms with E-state index in [0.717, 1.165) is 6.04 Å². The summed E-state index contributed by atoms with van der Waals surface area (Å²) in [5.74, 6) is 0. The van der Waals surface area contributed by atoms with Crippen molar-refractivity contribution in [3.8, 4) is 0 Å². The molecule has 1 N–H and O–H groups in total. The summed E-state index contributed by atoms with van der Waals surface area (Å²) in [5.41, 5.74) is 0. The van der Waals surface area contributed by atoms with Crippen molar-refractivity contribution in [1.82, 2.24) is 5.32 Å². The second kappa shape index (κ2) is 6.47. The average Bonchev–Trinajstić information content (AvgIpc) is 2.87. The lowest BCUT2D eigenvalue weighted by Crippen LogP contribution is -2.17. The van der Waals surface area contributed by atoms with Gasteiger partial charge in [-0.25, -0.2) is 0 Å². The van der Waals surface area contributed by atoms with Gasteiger partial charge in [-0.2, -0.15) is 0 Å². The molecule has 1 aliphatic rings. The fourth-order valence-corrected chi connectivity index (χ4v) is 1.50. The normalized spacial score (nSPS) is 16.8. The summed E-state index contributed by atoms with van der Waals surface area (Å²) in [6, 6.07) is 0.903. The molecule has 72 valence electrons. The summed E-state index contributed by atoms with van der Waals surface area (Å²) in [7, 11) is 0. The van der Waals surface area contributed by atoms with Crippen molar-refractivity contribution in [1.29, 1.82) is 0 Å². The Balaban J connectivity index is 1.65. The maximum Gasteiger partial charge on any atom is 0.00682 e. The Kier molecular flexibility index (Phi) is 5.42. The van der Waals surface area contributed by atoms with Crippen molar-refractivity contribution in [3.05, 3.63) is 0 Å². The first kappa shape index (κ1) is 10.0. The van der Waals surface area contributed by atoms with Gasteiger partial charge in [0.05, 0.1) is 0 Å². The fraction of sp³-hybridized carbons (Fsp3) is 1.00. The summed E-state index contributed by atoms with van der Waals surface area (Å²) in [6.45, 7) is 3.53. The molecule has 0 spiro atoms. The molecule has 0 aromatic carbocycles. The quantitative estimate of drug-likeness (QED) is 0.551. The Morgan fingerprint density at radius 2 is 1.67 bits per heavy atom. The third-order valence-corrected chi connectivity index (χ3v) is 2.54. The number of unbranched alkanes of at least 4 members (excludes halogenated alkanes) is 5. The Hall–Kier alpha value is -0.0400. The molecule has 1 rings (SSSR count). The molecule has 0 radical (unpaired) electrons. The molecule has 0 heterocycles. The molecule has 0 amide bonds. The van der Waals surface area contributed by atoms with E-state index >= 15 is 0 Å². The highest BCUT2D eigenvalue weighted by molar-refractivity contribution is 4.80. The molecule has 0 aromatic heterocycles. The van der Waals surface area contributed by atoms with E-state index in [4.69, 9.17) is 0 Å². The highest BCUT2D eigenvalue weighted by Gasteiger charge is 2.19. The van der Waals surface area contributed by atoms with Crippen molar-refractivity contribution in [2.24, 2.45) is 0 Å². The van der Waals surface area contributed by atoms with Crippen LogP contribution in [0.5, 0.6) is 0 Å². The Labute approximate surface area is 76.9 Å². The van der Waals surface area contributed by atoms with Gasteiger partial charge in [0.25, 0.3) is 0 Å². The van der Waals surface area contributed by atoms with E-state index in [0.29, 0.717) is 0 Å². The maximum absolute atomic E-state index is 3.55. The van der Waals surface area contributed by atoms with Gasteiger partial charge in [-0.05, 0) is 25.8 Å². The molecular formula is C11H23N. The molecule has 0 aliphatic heterocycles. The van der Waals surface area contributed by atoms with Gasteiger partial charge in [-0.3, -0.25) is 0 Å². The molecule has 0 atom stereocenters. The third kappa shape index (κ3) is 5.59. The second-order valence-corrected chi connectivity index (χ2v) is 4.00. The number of rotatable bonds is 8. The summed E-state index contributed by atoms with van der Waals surface area (Å²) < 4.78 is 0. The molecular weight excluding hydrogens is 146 g/mol. The zero-order chi connectivity index (χ0) is 8.65. The van der Waals surface area contributed by atoms with E-state index in [1.54, 1.807) is 0 Å². The van der Waals surface area contributed by atoms with Crippen LogP contribution in [0.15, 0.2) is 0 Å². The lowest BCUT2D eigenvalue weighted by molar-refractivity contribution is 0.570. The molecule has 0 unspecified atom stereocenters. The van der Waals surface area contributed by atoms with Crippen LogP contribution in [-0.4, -0.2) is 12.6 Å². The first-order chi connectivity index (χ1) is 5.93. The lowest BCUT2D eigenvalue weighted by Gasteiger charge is -2.01. The highest BCUT2D eigenvalue weighted by atomic mass is 14.9. The van der Waals surface area contributed by atoms with E-state index in [9.17, 15) is 0 Å². The fourth-order valence-electron chi connectivity index (χ4n) is 1.50. The van der Waals surface area contributed by atoms with Gasteiger partial charge in [0.2, 0.25) is 0 Å². The Bertz CT molecular complexity index is 97.2. The largest absolute Gasteiger partial charge is 0.314 e. The van der Waals surface area contributed by atoms with Crippen LogP contribution in [0.2, 0.25) is 0 Å². The maximum atomic E-state index is 3.55. The minimum Gasteiger partial charge on any atom is -0.314 e. The average molecular weight is 169 g/mol. The number of hydrogen-bond acceptors (Lipinski definition) is 1. The minimum absolute atomic E-state index is 0.903. The predicted octanol–water partition coefficient (Wildman–Crippen LogP) is 3.10. The SMILES string of the molecule is CCCCCCCCNC1CC1. The number of hydrogen-bond donors (Lipinski definition) is 1. The zero-order valence-corrected chi connectivity index (χ0v) is 8.44. The first-order valence-electron chi connectivity index (χ1n) is 5.67. The van der Waals surface area contributed by atoms with Crippen LogP contribution in [0.1, 0.15) is 58.3 Å². The smallest absolute Gasteiger partial charge is 0.00682 e. The number of nitrogens with one attached hydrogen (secondary N) is 1. The van der Waals surface area contributed by atoms with Crippen LogP contribution >= 0.6 is 0 Å². The van der Waals surface area contributed by atoms with Crippen molar-refractivity contribution >= 4 is 0 Å². The van der Waals surface area contributed by atoms with Crippen LogP contribution in [0.4, 0.5) is 0 Å². The van der Waals surface area contributed by atoms with Crippen molar-refractivity contribution < 1.29 is 0 Å². The molecule has 12 heavy (non-hydrogen) atoms. The molecule has 1 saturated carbocycles. The molecule has 1 aliphatic carbocycles. The topological polar surface area (TPSA) is 12.0 Å². The van der Waals surface area contributed by atoms with E-state index in [1.165, 1.54) is 57.9 Å². The van der Waals surface area contributed by atoms with E-state index in [-0.39, 0.29) is 0 Å². The predicted molar refractivity (Wildman–Crippen MR) is 54.4 cm³/mol. The summed E-state index contributed by atoms with van der Waals surface area (Å²) in [6.07, 6.45) is 11.3. The van der Waals surface area contributed by atoms with Crippen LogP contribution in [0.3, 0.4) is 0 Å². The molecule has 1 nitrogen and oxygen atoms in total. The summed E-state index contributed by atoms with van der Waals surface area (Å²) >= 11 is 0. The van der Waals surface area contributed by atoms with Crippen LogP contribution in [0, 0.1) is 0 Å².